The quantitative estimate of drug-likeness (QED) is 0.529. The van der Waals surface area contributed by atoms with Crippen molar-refractivity contribution in [3.05, 3.63) is 40.7 Å². The van der Waals surface area contributed by atoms with E-state index in [2.05, 4.69) is 40.0 Å². The fraction of sp³-hybridized carbons (Fsp3) is 0.600. The van der Waals surface area contributed by atoms with Gasteiger partial charge in [-0.05, 0) is 87.5 Å². The fourth-order valence-corrected chi connectivity index (χ4v) is 7.34. The Morgan fingerprint density at radius 1 is 1.11 bits per heavy atom. The van der Waals surface area contributed by atoms with E-state index in [0.29, 0.717) is 24.6 Å². The Morgan fingerprint density at radius 3 is 2.25 bits per heavy atom. The van der Waals surface area contributed by atoms with Gasteiger partial charge in [-0.15, -0.1) is 0 Å². The smallest absolute Gasteiger partial charge is 1.00 e. The SMILES string of the molecule is CC(C)N1CCC(N(c2cnn(C)c2)S(=O)(=O)NC(=O)Nc2c3c(cc4c2CCC4)CCC3)CC1.[H-].[Na+]. The van der Waals surface area contributed by atoms with Gasteiger partial charge < -0.3 is 11.6 Å². The van der Waals surface area contributed by atoms with Gasteiger partial charge in [-0.2, -0.15) is 13.5 Å². The molecule has 0 unspecified atom stereocenters. The molecule has 11 heteroatoms. The van der Waals surface area contributed by atoms with Crippen LogP contribution < -0.4 is 43.9 Å². The minimum Gasteiger partial charge on any atom is -1.00 e. The molecule has 0 saturated carbocycles. The fourth-order valence-electron chi connectivity index (χ4n) is 5.98. The number of benzene rings is 1. The molecule has 1 aromatic heterocycles. The number of nitrogens with zero attached hydrogens (tertiary/aromatic N) is 4. The van der Waals surface area contributed by atoms with Crippen LogP contribution in [0.4, 0.5) is 16.2 Å². The molecule has 2 amide bonds. The van der Waals surface area contributed by atoms with Gasteiger partial charge in [0.15, 0.2) is 0 Å². The maximum Gasteiger partial charge on any atom is 1.00 e. The number of piperidine rings is 1. The number of urea groups is 1. The number of nitrogens with one attached hydrogen (secondary N) is 2. The molecular weight excluding hydrogens is 487 g/mol. The number of carbonyl (C=O) groups is 1. The van der Waals surface area contributed by atoms with Gasteiger partial charge in [-0.3, -0.25) is 4.68 Å². The molecule has 0 radical (unpaired) electrons. The number of hydrogen-bond acceptors (Lipinski definition) is 5. The zero-order valence-electron chi connectivity index (χ0n) is 22.9. The van der Waals surface area contributed by atoms with E-state index in [4.69, 9.17) is 0 Å². The number of amides is 2. The number of anilines is 2. The Kier molecular flexibility index (Phi) is 8.41. The van der Waals surface area contributed by atoms with Gasteiger partial charge in [0, 0.05) is 44.1 Å². The van der Waals surface area contributed by atoms with E-state index in [1.54, 1.807) is 24.1 Å². The van der Waals surface area contributed by atoms with Crippen molar-refractivity contribution in [2.24, 2.45) is 7.05 Å². The molecule has 192 valence electrons. The van der Waals surface area contributed by atoms with E-state index in [-0.39, 0.29) is 37.0 Å². The van der Waals surface area contributed by atoms with Crippen molar-refractivity contribution in [2.75, 3.05) is 22.7 Å². The largest absolute Gasteiger partial charge is 1.00 e. The van der Waals surface area contributed by atoms with Gasteiger partial charge in [-0.25, -0.2) is 13.8 Å². The third kappa shape index (κ3) is 5.48. The number of fused-ring (bicyclic) bond motifs is 2. The molecule has 2 N–H and O–H groups in total. The van der Waals surface area contributed by atoms with Crippen LogP contribution in [0.15, 0.2) is 18.5 Å². The second-order valence-corrected chi connectivity index (χ2v) is 11.9. The van der Waals surface area contributed by atoms with Crippen molar-refractivity contribution >= 4 is 27.6 Å². The Balaban J connectivity index is 0.00000190. The number of likely N-dealkylation sites (tertiary alicyclic amines) is 1. The minimum atomic E-state index is -4.15. The summed E-state index contributed by atoms with van der Waals surface area (Å²) in [5.41, 5.74) is 6.22. The Morgan fingerprint density at radius 2 is 1.72 bits per heavy atom. The monoisotopic (exact) mass is 524 g/mol. The van der Waals surface area contributed by atoms with Crippen molar-refractivity contribution in [1.29, 1.82) is 0 Å². The van der Waals surface area contributed by atoms with Crippen LogP contribution in [0.25, 0.3) is 0 Å². The number of aryl methyl sites for hydroxylation is 3. The number of rotatable bonds is 6. The first-order valence-electron chi connectivity index (χ1n) is 12.8. The molecule has 5 rings (SSSR count). The molecule has 2 aliphatic carbocycles. The summed E-state index contributed by atoms with van der Waals surface area (Å²) in [7, 11) is -2.39. The standard InChI is InChI=1S/C25H36N6O3S.Na.H/c1-17(2)30-12-10-20(11-13-30)31(21-15-26-29(3)16-21)35(33,34)28-25(32)27-24-22-8-4-6-18(22)14-19-7-5-9-23(19)24;;/h14-17,20H,4-13H2,1-3H3,(H2,27,28,32);;/q;+1;-1. The molecule has 3 aliphatic rings. The molecule has 2 heterocycles. The average Bonchev–Trinajstić information content (AvgIpc) is 3.54. The Bertz CT molecular complexity index is 1200. The van der Waals surface area contributed by atoms with Gasteiger partial charge in [0.1, 0.15) is 0 Å². The van der Waals surface area contributed by atoms with Crippen LogP contribution in [-0.4, -0.2) is 54.3 Å². The van der Waals surface area contributed by atoms with Gasteiger partial charge >= 0.3 is 45.8 Å². The summed E-state index contributed by atoms with van der Waals surface area (Å²) in [5, 5.41) is 7.14. The predicted octanol–water partition coefficient (Wildman–Crippen LogP) is 0.260. The van der Waals surface area contributed by atoms with E-state index in [0.717, 1.165) is 57.3 Å². The third-order valence-corrected chi connectivity index (χ3v) is 9.17. The van der Waals surface area contributed by atoms with Crippen molar-refractivity contribution in [3.63, 3.8) is 0 Å². The van der Waals surface area contributed by atoms with E-state index < -0.39 is 16.2 Å². The summed E-state index contributed by atoms with van der Waals surface area (Å²) in [5.74, 6) is 0. The molecule has 1 aliphatic heterocycles. The van der Waals surface area contributed by atoms with Crippen molar-refractivity contribution in [2.45, 2.75) is 77.3 Å². The summed E-state index contributed by atoms with van der Waals surface area (Å²) < 4.78 is 32.5. The summed E-state index contributed by atoms with van der Waals surface area (Å²) in [6, 6.07) is 1.76. The van der Waals surface area contributed by atoms with Crippen molar-refractivity contribution in [1.82, 2.24) is 19.4 Å². The molecule has 0 atom stereocenters. The van der Waals surface area contributed by atoms with Crippen LogP contribution >= 0.6 is 0 Å². The summed E-state index contributed by atoms with van der Waals surface area (Å²) >= 11 is 0. The molecule has 0 spiro atoms. The second kappa shape index (κ2) is 11.0. The first-order valence-corrected chi connectivity index (χ1v) is 14.2. The number of hydrogen-bond donors (Lipinski definition) is 2. The maximum absolute atomic E-state index is 13.6. The Labute approximate surface area is 237 Å². The first kappa shape index (κ1) is 27.4. The predicted molar refractivity (Wildman–Crippen MR) is 138 cm³/mol. The number of carbonyl (C=O) groups excluding carboxylic acids is 1. The van der Waals surface area contributed by atoms with Gasteiger partial charge in [0.2, 0.25) is 0 Å². The van der Waals surface area contributed by atoms with Crippen LogP contribution in [-0.2, 0) is 42.9 Å². The van der Waals surface area contributed by atoms with E-state index in [1.807, 2.05) is 0 Å². The first-order chi connectivity index (χ1) is 16.7. The minimum absolute atomic E-state index is 0. The molecule has 1 saturated heterocycles. The summed E-state index contributed by atoms with van der Waals surface area (Å²) in [6.07, 6.45) is 10.6. The zero-order chi connectivity index (χ0) is 24.7. The Hall–Kier alpha value is -1.59. The number of aromatic nitrogens is 2. The van der Waals surface area contributed by atoms with Crippen molar-refractivity contribution < 1.29 is 44.2 Å². The second-order valence-electron chi connectivity index (χ2n) is 10.3. The van der Waals surface area contributed by atoms with Crippen LogP contribution in [0, 0.1) is 0 Å². The molecule has 1 fully saturated rings. The van der Waals surface area contributed by atoms with Gasteiger partial charge in [0.05, 0.1) is 11.9 Å². The normalized spacial score (nSPS) is 18.0. The van der Waals surface area contributed by atoms with Gasteiger partial charge in [-0.1, -0.05) is 6.07 Å². The zero-order valence-corrected chi connectivity index (χ0v) is 24.7. The molecule has 1 aromatic carbocycles. The molecule has 9 nitrogen and oxygen atoms in total. The van der Waals surface area contributed by atoms with E-state index >= 15 is 0 Å². The van der Waals surface area contributed by atoms with Gasteiger partial charge in [0.25, 0.3) is 0 Å². The van der Waals surface area contributed by atoms with Crippen LogP contribution in [0.3, 0.4) is 0 Å². The molecule has 0 bridgehead atoms. The average molecular weight is 525 g/mol. The topological polar surface area (TPSA) is 99.6 Å². The summed E-state index contributed by atoms with van der Waals surface area (Å²) in [6.45, 7) is 5.92. The summed E-state index contributed by atoms with van der Waals surface area (Å²) in [4.78, 5) is 15.5. The van der Waals surface area contributed by atoms with Crippen LogP contribution in [0.2, 0.25) is 0 Å². The molecular formula is C25H37N6NaO3S. The van der Waals surface area contributed by atoms with E-state index in [1.165, 1.54) is 26.6 Å². The maximum atomic E-state index is 13.6. The third-order valence-electron chi connectivity index (χ3n) is 7.70. The van der Waals surface area contributed by atoms with Crippen molar-refractivity contribution in [3.8, 4) is 0 Å². The molecule has 2 aromatic rings. The van der Waals surface area contributed by atoms with Crippen LogP contribution in [0.5, 0.6) is 0 Å². The van der Waals surface area contributed by atoms with E-state index in [9.17, 15) is 13.2 Å². The van der Waals surface area contributed by atoms with Crippen LogP contribution in [0.1, 0.15) is 63.2 Å². The molecule has 36 heavy (non-hydrogen) atoms.